The highest BCUT2D eigenvalue weighted by atomic mass is 35.5. The zero-order chi connectivity index (χ0) is 17.6. The van der Waals surface area contributed by atoms with E-state index >= 15 is 0 Å². The lowest BCUT2D eigenvalue weighted by Crippen LogP contribution is -2.23. The summed E-state index contributed by atoms with van der Waals surface area (Å²) in [6, 6.07) is 4.16. The van der Waals surface area contributed by atoms with Crippen LogP contribution in [0.3, 0.4) is 0 Å². The lowest BCUT2D eigenvalue weighted by molar-refractivity contribution is 0.0520. The largest absolute Gasteiger partial charge is 0.461 e. The fourth-order valence-corrected chi connectivity index (χ4v) is 3.70. The average Bonchev–Trinajstić information content (AvgIpc) is 3.02. The third-order valence-electron chi connectivity index (χ3n) is 5.04. The highest BCUT2D eigenvalue weighted by Gasteiger charge is 2.45. The number of halogens is 1. The van der Waals surface area contributed by atoms with E-state index in [1.165, 1.54) is 6.42 Å². The van der Waals surface area contributed by atoms with E-state index in [0.717, 1.165) is 42.0 Å². The van der Waals surface area contributed by atoms with Gasteiger partial charge < -0.3 is 14.2 Å². The molecule has 1 saturated heterocycles. The molecule has 0 aromatic carbocycles. The second-order valence-corrected chi connectivity index (χ2v) is 7.16. The molecule has 0 spiro atoms. The molecular weight excluding hydrogens is 340 g/mol. The number of piperidine rings is 1. The molecular formula is C18H21ClN4O2. The number of aryl methyl sites for hydroxylation is 1. The lowest BCUT2D eigenvalue weighted by atomic mass is 10.2. The Labute approximate surface area is 151 Å². The van der Waals surface area contributed by atoms with Crippen molar-refractivity contribution in [3.8, 4) is 0 Å². The number of carbonyl (C=O) groups is 1. The van der Waals surface area contributed by atoms with E-state index < -0.39 is 5.97 Å². The van der Waals surface area contributed by atoms with E-state index in [4.69, 9.17) is 21.3 Å². The zero-order valence-electron chi connectivity index (χ0n) is 14.4. The van der Waals surface area contributed by atoms with Crippen molar-refractivity contribution < 1.29 is 9.53 Å². The van der Waals surface area contributed by atoms with Crippen LogP contribution in [0.25, 0.3) is 0 Å². The van der Waals surface area contributed by atoms with Crippen molar-refractivity contribution in [1.82, 2.24) is 14.5 Å². The van der Waals surface area contributed by atoms with Crippen LogP contribution < -0.4 is 4.90 Å². The number of esters is 1. The van der Waals surface area contributed by atoms with Gasteiger partial charge in [0.25, 0.3) is 0 Å². The molecule has 2 aromatic rings. The van der Waals surface area contributed by atoms with E-state index in [2.05, 4.69) is 22.0 Å². The third-order valence-corrected chi connectivity index (χ3v) is 5.34. The van der Waals surface area contributed by atoms with Crippen molar-refractivity contribution in [2.24, 2.45) is 11.8 Å². The Kier molecular flexibility index (Phi) is 4.15. The van der Waals surface area contributed by atoms with E-state index in [0.29, 0.717) is 13.2 Å². The van der Waals surface area contributed by atoms with Gasteiger partial charge in [-0.3, -0.25) is 0 Å². The Bertz CT molecular complexity index is 809. The summed E-state index contributed by atoms with van der Waals surface area (Å²) in [7, 11) is 0. The van der Waals surface area contributed by atoms with Crippen LogP contribution in [0.2, 0.25) is 5.28 Å². The highest BCUT2D eigenvalue weighted by Crippen LogP contribution is 2.45. The van der Waals surface area contributed by atoms with E-state index in [-0.39, 0.29) is 11.0 Å². The smallest absolute Gasteiger partial charge is 0.358 e. The maximum atomic E-state index is 11.8. The lowest BCUT2D eigenvalue weighted by Gasteiger charge is -2.20. The van der Waals surface area contributed by atoms with Gasteiger partial charge in [-0.1, -0.05) is 6.07 Å². The molecule has 25 heavy (non-hydrogen) atoms. The van der Waals surface area contributed by atoms with Crippen molar-refractivity contribution in [3.63, 3.8) is 0 Å². The molecule has 0 bridgehead atoms. The van der Waals surface area contributed by atoms with Crippen molar-refractivity contribution >= 4 is 23.4 Å². The molecule has 3 heterocycles. The molecule has 4 rings (SSSR count). The first-order valence-electron chi connectivity index (χ1n) is 8.66. The van der Waals surface area contributed by atoms with Crippen LogP contribution in [0.15, 0.2) is 18.3 Å². The van der Waals surface area contributed by atoms with Crippen molar-refractivity contribution in [2.75, 3.05) is 24.6 Å². The van der Waals surface area contributed by atoms with Crippen molar-refractivity contribution in [3.05, 3.63) is 40.6 Å². The number of hydrogen-bond acceptors (Lipinski definition) is 5. The number of aromatic nitrogens is 3. The van der Waals surface area contributed by atoms with Gasteiger partial charge in [-0.15, -0.1) is 0 Å². The van der Waals surface area contributed by atoms with Gasteiger partial charge in [0.2, 0.25) is 5.28 Å². The molecule has 6 nitrogen and oxygen atoms in total. The fraction of sp³-hybridized carbons (Fsp3) is 0.500. The molecule has 132 valence electrons. The molecule has 2 aromatic heterocycles. The SMILES string of the molecule is CCOC(=O)c1cn(Cc2ccc(N3CC4CC4C3)nc2C)c(Cl)n1. The van der Waals surface area contributed by atoms with E-state index in [1.807, 2.05) is 6.92 Å². The van der Waals surface area contributed by atoms with Crippen LogP contribution in [0.4, 0.5) is 5.82 Å². The van der Waals surface area contributed by atoms with Gasteiger partial charge in [-0.05, 0) is 55.3 Å². The van der Waals surface area contributed by atoms with Gasteiger partial charge in [-0.2, -0.15) is 0 Å². The molecule has 0 radical (unpaired) electrons. The summed E-state index contributed by atoms with van der Waals surface area (Å²) in [5, 5.41) is 0.270. The minimum absolute atomic E-state index is 0.227. The number of hydrogen-bond donors (Lipinski definition) is 0. The van der Waals surface area contributed by atoms with Crippen LogP contribution in [0.1, 0.15) is 35.1 Å². The number of rotatable bonds is 5. The van der Waals surface area contributed by atoms with Crippen LogP contribution in [-0.4, -0.2) is 40.2 Å². The summed E-state index contributed by atoms with van der Waals surface area (Å²) in [6.45, 7) is 6.87. The molecule has 0 amide bonds. The Morgan fingerprint density at radius 3 is 2.76 bits per heavy atom. The van der Waals surface area contributed by atoms with Crippen LogP contribution in [-0.2, 0) is 11.3 Å². The van der Waals surface area contributed by atoms with E-state index in [1.54, 1.807) is 17.7 Å². The first-order valence-corrected chi connectivity index (χ1v) is 9.04. The Morgan fingerprint density at radius 2 is 2.08 bits per heavy atom. The highest BCUT2D eigenvalue weighted by molar-refractivity contribution is 6.28. The van der Waals surface area contributed by atoms with Gasteiger partial charge in [0, 0.05) is 25.0 Å². The number of fused-ring (bicyclic) bond motifs is 1. The monoisotopic (exact) mass is 360 g/mol. The molecule has 2 unspecified atom stereocenters. The number of nitrogens with zero attached hydrogens (tertiary/aromatic N) is 4. The van der Waals surface area contributed by atoms with Gasteiger partial charge in [0.15, 0.2) is 5.69 Å². The van der Waals surface area contributed by atoms with Crippen LogP contribution >= 0.6 is 11.6 Å². The molecule has 7 heteroatoms. The summed E-state index contributed by atoms with van der Waals surface area (Å²) in [6.07, 6.45) is 3.01. The standard InChI is InChI=1S/C18H21ClN4O2/c1-3-25-17(24)15-10-23(18(19)21-15)7-12-4-5-16(20-11(12)2)22-8-13-6-14(13)9-22/h4-5,10,13-14H,3,6-9H2,1-2H3. The normalized spacial score (nSPS) is 21.3. The third kappa shape index (κ3) is 3.23. The maximum absolute atomic E-state index is 11.8. The predicted octanol–water partition coefficient (Wildman–Crippen LogP) is 2.92. The van der Waals surface area contributed by atoms with Gasteiger partial charge in [-0.25, -0.2) is 14.8 Å². The summed E-state index contributed by atoms with van der Waals surface area (Å²) in [5.74, 6) is 2.36. The molecule has 1 saturated carbocycles. The molecule has 0 N–H and O–H groups in total. The van der Waals surface area contributed by atoms with Crippen LogP contribution in [0, 0.1) is 18.8 Å². The van der Waals surface area contributed by atoms with Gasteiger partial charge in [0.1, 0.15) is 5.82 Å². The number of ether oxygens (including phenoxy) is 1. The van der Waals surface area contributed by atoms with Crippen molar-refractivity contribution in [2.45, 2.75) is 26.8 Å². The Balaban J connectivity index is 1.50. The minimum atomic E-state index is -0.457. The van der Waals surface area contributed by atoms with Crippen LogP contribution in [0.5, 0.6) is 0 Å². The summed E-state index contributed by atoms with van der Waals surface area (Å²) in [4.78, 5) is 23.0. The summed E-state index contributed by atoms with van der Waals surface area (Å²) in [5.41, 5.74) is 2.26. The summed E-state index contributed by atoms with van der Waals surface area (Å²) >= 11 is 6.16. The molecule has 1 aliphatic heterocycles. The molecule has 2 fully saturated rings. The number of pyridine rings is 1. The van der Waals surface area contributed by atoms with E-state index in [9.17, 15) is 4.79 Å². The average molecular weight is 361 g/mol. The van der Waals surface area contributed by atoms with Gasteiger partial charge in [0.05, 0.1) is 13.2 Å². The van der Waals surface area contributed by atoms with Gasteiger partial charge >= 0.3 is 5.97 Å². The number of carbonyl (C=O) groups excluding carboxylic acids is 1. The summed E-state index contributed by atoms with van der Waals surface area (Å²) < 4.78 is 6.70. The predicted molar refractivity (Wildman–Crippen MR) is 95.1 cm³/mol. The second-order valence-electron chi connectivity index (χ2n) is 6.82. The molecule has 2 aliphatic rings. The maximum Gasteiger partial charge on any atom is 0.358 e. The first kappa shape index (κ1) is 16.4. The second kappa shape index (κ2) is 6.33. The minimum Gasteiger partial charge on any atom is -0.461 e. The molecule has 1 aliphatic carbocycles. The molecule has 2 atom stereocenters. The quantitative estimate of drug-likeness (QED) is 0.767. The topological polar surface area (TPSA) is 60.2 Å². The zero-order valence-corrected chi connectivity index (χ0v) is 15.2. The fourth-order valence-electron chi connectivity index (χ4n) is 3.50. The Morgan fingerprint density at radius 1 is 1.32 bits per heavy atom. The number of anilines is 1. The Hall–Kier alpha value is -2.08. The first-order chi connectivity index (χ1) is 12.0. The number of imidazole rings is 1. The van der Waals surface area contributed by atoms with Crippen molar-refractivity contribution in [1.29, 1.82) is 0 Å².